The van der Waals surface area contributed by atoms with Crippen molar-refractivity contribution in [2.75, 3.05) is 7.11 Å². The first-order valence-corrected chi connectivity index (χ1v) is 10.8. The van der Waals surface area contributed by atoms with Crippen molar-refractivity contribution >= 4 is 13.3 Å². The molecule has 0 N–H and O–H groups in total. The first-order valence-electron chi connectivity index (χ1n) is 7.29. The normalized spacial score (nSPS) is 11.4. The molecule has 2 aromatic carbocycles. The van der Waals surface area contributed by atoms with E-state index in [4.69, 9.17) is 9.47 Å². The quantitative estimate of drug-likeness (QED) is 0.752. The summed E-state index contributed by atoms with van der Waals surface area (Å²) in [4.78, 5) is 0. The van der Waals surface area contributed by atoms with Crippen LogP contribution in [0.1, 0.15) is 11.1 Å². The highest BCUT2D eigenvalue weighted by Gasteiger charge is 2.15. The smallest absolute Gasteiger partial charge is 0.118 e. The second-order valence-corrected chi connectivity index (χ2v) is 11.4. The molecular weight excluding hydrogens is 276 g/mol. The Morgan fingerprint density at radius 1 is 0.762 bits per heavy atom. The molecule has 0 saturated carbocycles. The molecule has 0 saturated heterocycles. The minimum absolute atomic E-state index is 0.625. The van der Waals surface area contributed by atoms with Crippen molar-refractivity contribution in [1.82, 2.24) is 0 Å². The number of methoxy groups -OCH3 is 1. The molecule has 0 aliphatic heterocycles. The highest BCUT2D eigenvalue weighted by molar-refractivity contribution is 6.88. The SMILES string of the molecule is COc1ccc(COCc2ccc([Si](C)(C)C)cc2)cc1. The van der Waals surface area contributed by atoms with E-state index in [9.17, 15) is 0 Å². The largest absolute Gasteiger partial charge is 0.497 e. The molecule has 112 valence electrons. The van der Waals surface area contributed by atoms with Gasteiger partial charge in [-0.2, -0.15) is 0 Å². The van der Waals surface area contributed by atoms with Gasteiger partial charge in [-0.1, -0.05) is 61.2 Å². The van der Waals surface area contributed by atoms with Crippen LogP contribution in [0.15, 0.2) is 48.5 Å². The summed E-state index contributed by atoms with van der Waals surface area (Å²) in [5.74, 6) is 0.876. The van der Waals surface area contributed by atoms with Crippen LogP contribution in [0.5, 0.6) is 5.75 Å². The standard InChI is InChI=1S/C18H24O2Si/c1-19-17-9-5-15(6-10-17)13-20-14-16-7-11-18(12-8-16)21(2,3)4/h5-12H,13-14H2,1-4H3. The second kappa shape index (κ2) is 6.92. The molecule has 3 heteroatoms. The molecule has 0 amide bonds. The highest BCUT2D eigenvalue weighted by Crippen LogP contribution is 2.13. The number of rotatable bonds is 6. The lowest BCUT2D eigenvalue weighted by Gasteiger charge is -2.16. The first kappa shape index (κ1) is 15.8. The van der Waals surface area contributed by atoms with Gasteiger partial charge in [0.25, 0.3) is 0 Å². The molecule has 0 atom stereocenters. The van der Waals surface area contributed by atoms with Gasteiger partial charge >= 0.3 is 0 Å². The summed E-state index contributed by atoms with van der Waals surface area (Å²) < 4.78 is 10.9. The van der Waals surface area contributed by atoms with Crippen LogP contribution in [-0.2, 0) is 18.0 Å². The minimum Gasteiger partial charge on any atom is -0.497 e. The summed E-state index contributed by atoms with van der Waals surface area (Å²) in [7, 11) is 0.474. The van der Waals surface area contributed by atoms with Crippen LogP contribution in [0.25, 0.3) is 0 Å². The Bertz CT molecular complexity index is 553. The summed E-state index contributed by atoms with van der Waals surface area (Å²) in [6, 6.07) is 16.9. The van der Waals surface area contributed by atoms with Crippen LogP contribution in [0.4, 0.5) is 0 Å². The molecule has 0 spiro atoms. The lowest BCUT2D eigenvalue weighted by atomic mass is 10.2. The van der Waals surface area contributed by atoms with Crippen molar-refractivity contribution in [3.63, 3.8) is 0 Å². The first-order chi connectivity index (χ1) is 9.99. The van der Waals surface area contributed by atoms with E-state index in [0.717, 1.165) is 11.3 Å². The van der Waals surface area contributed by atoms with Gasteiger partial charge < -0.3 is 9.47 Å². The molecule has 0 radical (unpaired) electrons. The lowest BCUT2D eigenvalue weighted by molar-refractivity contribution is 0.107. The maximum absolute atomic E-state index is 5.78. The maximum atomic E-state index is 5.78. The van der Waals surface area contributed by atoms with Crippen molar-refractivity contribution in [3.05, 3.63) is 59.7 Å². The molecule has 0 aliphatic carbocycles. The molecule has 2 rings (SSSR count). The average Bonchev–Trinajstić information content (AvgIpc) is 2.47. The molecular formula is C18H24O2Si. The van der Waals surface area contributed by atoms with Gasteiger partial charge in [0.1, 0.15) is 5.75 Å². The van der Waals surface area contributed by atoms with E-state index in [-0.39, 0.29) is 0 Å². The van der Waals surface area contributed by atoms with Gasteiger partial charge in [0.15, 0.2) is 0 Å². The number of hydrogen-bond acceptors (Lipinski definition) is 2. The van der Waals surface area contributed by atoms with Gasteiger partial charge in [0.2, 0.25) is 0 Å². The zero-order valence-corrected chi connectivity index (χ0v) is 14.3. The van der Waals surface area contributed by atoms with E-state index in [1.165, 1.54) is 10.8 Å². The van der Waals surface area contributed by atoms with Crippen molar-refractivity contribution in [3.8, 4) is 5.75 Å². The summed E-state index contributed by atoms with van der Waals surface area (Å²) in [5.41, 5.74) is 2.39. The van der Waals surface area contributed by atoms with E-state index in [2.05, 4.69) is 43.9 Å². The van der Waals surface area contributed by atoms with E-state index in [0.29, 0.717) is 13.2 Å². The Hall–Kier alpha value is -1.58. The third kappa shape index (κ3) is 4.72. The van der Waals surface area contributed by atoms with Crippen molar-refractivity contribution in [1.29, 1.82) is 0 Å². The van der Waals surface area contributed by atoms with Crippen LogP contribution in [0, 0.1) is 0 Å². The van der Waals surface area contributed by atoms with Gasteiger partial charge in [-0.25, -0.2) is 0 Å². The van der Waals surface area contributed by atoms with Crippen LogP contribution >= 0.6 is 0 Å². The molecule has 0 aliphatic rings. The van der Waals surface area contributed by atoms with Gasteiger partial charge in [-0.15, -0.1) is 0 Å². The van der Waals surface area contributed by atoms with Crippen molar-refractivity contribution in [2.24, 2.45) is 0 Å². The van der Waals surface area contributed by atoms with Crippen molar-refractivity contribution < 1.29 is 9.47 Å². The van der Waals surface area contributed by atoms with E-state index < -0.39 is 8.07 Å². The fraction of sp³-hybridized carbons (Fsp3) is 0.333. The van der Waals surface area contributed by atoms with Crippen LogP contribution in [0.2, 0.25) is 19.6 Å². The molecule has 0 bridgehead atoms. The van der Waals surface area contributed by atoms with Gasteiger partial charge in [-0.05, 0) is 23.3 Å². The Labute approximate surface area is 128 Å². The number of ether oxygens (including phenoxy) is 2. The van der Waals surface area contributed by atoms with Crippen LogP contribution in [0.3, 0.4) is 0 Å². The monoisotopic (exact) mass is 300 g/mol. The number of benzene rings is 2. The van der Waals surface area contributed by atoms with Crippen LogP contribution < -0.4 is 9.92 Å². The molecule has 2 aromatic rings. The zero-order chi connectivity index (χ0) is 15.3. The Balaban J connectivity index is 1.85. The highest BCUT2D eigenvalue weighted by atomic mass is 28.3. The van der Waals surface area contributed by atoms with E-state index in [1.54, 1.807) is 7.11 Å². The van der Waals surface area contributed by atoms with Gasteiger partial charge in [0, 0.05) is 0 Å². The molecule has 0 aromatic heterocycles. The predicted octanol–water partition coefficient (Wildman–Crippen LogP) is 3.96. The predicted molar refractivity (Wildman–Crippen MR) is 90.9 cm³/mol. The lowest BCUT2D eigenvalue weighted by Crippen LogP contribution is -2.37. The molecule has 2 nitrogen and oxygen atoms in total. The Morgan fingerprint density at radius 3 is 1.67 bits per heavy atom. The summed E-state index contributed by atoms with van der Waals surface area (Å²) in [5, 5.41) is 1.49. The molecule has 0 unspecified atom stereocenters. The summed E-state index contributed by atoms with van der Waals surface area (Å²) in [6.07, 6.45) is 0. The zero-order valence-electron chi connectivity index (χ0n) is 13.3. The van der Waals surface area contributed by atoms with Gasteiger partial charge in [-0.3, -0.25) is 0 Å². The molecule has 21 heavy (non-hydrogen) atoms. The van der Waals surface area contributed by atoms with Crippen LogP contribution in [-0.4, -0.2) is 15.2 Å². The fourth-order valence-electron chi connectivity index (χ4n) is 2.11. The third-order valence-electron chi connectivity index (χ3n) is 3.52. The summed E-state index contributed by atoms with van der Waals surface area (Å²) in [6.45, 7) is 8.37. The van der Waals surface area contributed by atoms with E-state index >= 15 is 0 Å². The van der Waals surface area contributed by atoms with E-state index in [1.807, 2.05) is 24.3 Å². The van der Waals surface area contributed by atoms with Crippen molar-refractivity contribution in [2.45, 2.75) is 32.9 Å². The topological polar surface area (TPSA) is 18.5 Å². The molecule has 0 heterocycles. The summed E-state index contributed by atoms with van der Waals surface area (Å²) >= 11 is 0. The third-order valence-corrected chi connectivity index (χ3v) is 5.58. The fourth-order valence-corrected chi connectivity index (χ4v) is 3.28. The number of hydrogen-bond donors (Lipinski definition) is 0. The Morgan fingerprint density at radius 2 is 1.24 bits per heavy atom. The Kier molecular flexibility index (Phi) is 5.20. The second-order valence-electron chi connectivity index (χ2n) is 6.29. The maximum Gasteiger partial charge on any atom is 0.118 e. The molecule has 0 fully saturated rings. The average molecular weight is 300 g/mol. The van der Waals surface area contributed by atoms with Gasteiger partial charge in [0.05, 0.1) is 28.4 Å². The minimum atomic E-state index is -1.20.